The SMILES string of the molecule is CCC(C(=O)NC1CCCC1)N(Cc1cccc(OC)c1)C(=O)CN(C)S(=O)(=O)c1ccc(Cl)cc1. The molecule has 1 aliphatic rings. The molecule has 0 aliphatic heterocycles. The largest absolute Gasteiger partial charge is 0.497 e. The Morgan fingerprint density at radius 2 is 1.81 bits per heavy atom. The number of hydrogen-bond acceptors (Lipinski definition) is 5. The van der Waals surface area contributed by atoms with Crippen molar-refractivity contribution in [1.29, 1.82) is 0 Å². The number of carbonyl (C=O) groups excluding carboxylic acids is 2. The number of likely N-dealkylation sites (N-methyl/N-ethyl adjacent to an activating group) is 1. The van der Waals surface area contributed by atoms with Crippen molar-refractivity contribution in [3.63, 3.8) is 0 Å². The second-order valence-electron chi connectivity index (χ2n) is 9.00. The molecule has 1 saturated carbocycles. The van der Waals surface area contributed by atoms with Crippen LogP contribution in [0.2, 0.25) is 5.02 Å². The van der Waals surface area contributed by atoms with Crippen LogP contribution in [-0.4, -0.2) is 62.2 Å². The Morgan fingerprint density at radius 1 is 1.14 bits per heavy atom. The van der Waals surface area contributed by atoms with Crippen molar-refractivity contribution < 1.29 is 22.7 Å². The predicted molar refractivity (Wildman–Crippen MR) is 139 cm³/mol. The topological polar surface area (TPSA) is 96.0 Å². The number of ether oxygens (including phenoxy) is 1. The molecule has 0 heterocycles. The average Bonchev–Trinajstić information content (AvgIpc) is 3.37. The molecule has 1 unspecified atom stereocenters. The summed E-state index contributed by atoms with van der Waals surface area (Å²) in [5.41, 5.74) is 0.776. The summed E-state index contributed by atoms with van der Waals surface area (Å²) in [6.45, 7) is 1.57. The number of nitrogens with zero attached hydrogens (tertiary/aromatic N) is 2. The van der Waals surface area contributed by atoms with Crippen molar-refractivity contribution in [2.45, 2.75) is 62.6 Å². The molecule has 0 saturated heterocycles. The zero-order chi connectivity index (χ0) is 26.3. The molecule has 8 nitrogen and oxygen atoms in total. The van der Waals surface area contributed by atoms with Crippen molar-refractivity contribution >= 4 is 33.4 Å². The number of hydrogen-bond donors (Lipinski definition) is 1. The molecule has 0 radical (unpaired) electrons. The van der Waals surface area contributed by atoms with Crippen LogP contribution in [0.15, 0.2) is 53.4 Å². The Balaban J connectivity index is 1.85. The molecule has 1 atom stereocenters. The normalized spacial score (nSPS) is 15.0. The monoisotopic (exact) mass is 535 g/mol. The fourth-order valence-corrected chi connectivity index (χ4v) is 5.65. The zero-order valence-corrected chi connectivity index (χ0v) is 22.5. The lowest BCUT2D eigenvalue weighted by molar-refractivity contribution is -0.141. The highest BCUT2D eigenvalue weighted by atomic mass is 35.5. The van der Waals surface area contributed by atoms with Crippen molar-refractivity contribution in [2.75, 3.05) is 20.7 Å². The molecule has 0 bridgehead atoms. The first-order chi connectivity index (χ1) is 17.1. The number of amides is 2. The van der Waals surface area contributed by atoms with Gasteiger partial charge >= 0.3 is 0 Å². The second kappa shape index (κ2) is 12.6. The first kappa shape index (κ1) is 28.0. The molecule has 2 aromatic rings. The number of carbonyl (C=O) groups is 2. The van der Waals surface area contributed by atoms with Gasteiger partial charge in [-0.2, -0.15) is 4.31 Å². The van der Waals surface area contributed by atoms with E-state index in [1.165, 1.54) is 36.2 Å². The van der Waals surface area contributed by atoms with Gasteiger partial charge in [0.05, 0.1) is 18.6 Å². The van der Waals surface area contributed by atoms with Crippen molar-refractivity contribution in [3.05, 3.63) is 59.1 Å². The molecule has 36 heavy (non-hydrogen) atoms. The van der Waals surface area contributed by atoms with Crippen LogP contribution < -0.4 is 10.1 Å². The van der Waals surface area contributed by atoms with E-state index in [1.807, 2.05) is 19.1 Å². The number of rotatable bonds is 11. The highest BCUT2D eigenvalue weighted by Crippen LogP contribution is 2.22. The molecule has 0 spiro atoms. The minimum atomic E-state index is -3.93. The van der Waals surface area contributed by atoms with E-state index in [4.69, 9.17) is 16.3 Å². The van der Waals surface area contributed by atoms with Gasteiger partial charge in [0.25, 0.3) is 0 Å². The number of benzene rings is 2. The Kier molecular flexibility index (Phi) is 9.76. The fraction of sp³-hybridized carbons (Fsp3) is 0.462. The van der Waals surface area contributed by atoms with E-state index in [9.17, 15) is 18.0 Å². The standard InChI is InChI=1S/C26H34ClN3O5S/c1-4-24(26(32)28-21-9-5-6-10-21)30(17-19-8-7-11-22(16-19)35-3)25(31)18-29(2)36(33,34)23-14-12-20(27)13-15-23/h7-8,11-16,21,24H,4-6,9-10,17-18H2,1-3H3,(H,28,32). The summed E-state index contributed by atoms with van der Waals surface area (Å²) in [5, 5.41) is 3.50. The number of nitrogens with one attached hydrogen (secondary N) is 1. The maximum absolute atomic E-state index is 13.6. The van der Waals surface area contributed by atoms with E-state index in [1.54, 1.807) is 19.2 Å². The molecule has 1 aliphatic carbocycles. The molecule has 0 aromatic heterocycles. The number of methoxy groups -OCH3 is 1. The number of halogens is 1. The Hall–Kier alpha value is -2.62. The zero-order valence-electron chi connectivity index (χ0n) is 20.9. The van der Waals surface area contributed by atoms with Crippen molar-refractivity contribution in [1.82, 2.24) is 14.5 Å². The van der Waals surface area contributed by atoms with Gasteiger partial charge in [0.15, 0.2) is 0 Å². The van der Waals surface area contributed by atoms with Gasteiger partial charge in [-0.05, 0) is 61.2 Å². The maximum Gasteiger partial charge on any atom is 0.243 e. The van der Waals surface area contributed by atoms with Gasteiger partial charge in [0, 0.05) is 24.7 Å². The van der Waals surface area contributed by atoms with E-state index in [2.05, 4.69) is 5.32 Å². The fourth-order valence-electron chi connectivity index (χ4n) is 4.41. The van der Waals surface area contributed by atoms with Gasteiger partial charge in [-0.3, -0.25) is 9.59 Å². The van der Waals surface area contributed by atoms with Crippen LogP contribution in [-0.2, 0) is 26.2 Å². The summed E-state index contributed by atoms with van der Waals surface area (Å²) in [4.78, 5) is 28.3. The van der Waals surface area contributed by atoms with E-state index in [0.29, 0.717) is 17.2 Å². The maximum atomic E-state index is 13.6. The molecule has 2 aromatic carbocycles. The lowest BCUT2D eigenvalue weighted by Crippen LogP contribution is -2.53. The smallest absolute Gasteiger partial charge is 0.243 e. The van der Waals surface area contributed by atoms with Gasteiger partial charge in [0.2, 0.25) is 21.8 Å². The Bertz CT molecular complexity index is 1150. The van der Waals surface area contributed by atoms with E-state index in [-0.39, 0.29) is 23.4 Å². The summed E-state index contributed by atoms with van der Waals surface area (Å²) in [6, 6.07) is 12.4. The first-order valence-corrected chi connectivity index (χ1v) is 13.9. The van der Waals surface area contributed by atoms with Crippen LogP contribution in [0.5, 0.6) is 5.75 Å². The summed E-state index contributed by atoms with van der Waals surface area (Å²) in [7, 11) is -1.02. The van der Waals surface area contributed by atoms with E-state index < -0.39 is 28.5 Å². The van der Waals surface area contributed by atoms with Crippen LogP contribution in [0.25, 0.3) is 0 Å². The lowest BCUT2D eigenvalue weighted by Gasteiger charge is -2.32. The average molecular weight is 536 g/mol. The molecule has 1 N–H and O–H groups in total. The minimum absolute atomic E-state index is 0.0348. The predicted octanol–water partition coefficient (Wildman–Crippen LogP) is 3.84. The van der Waals surface area contributed by atoms with Gasteiger partial charge in [-0.1, -0.05) is 43.5 Å². The van der Waals surface area contributed by atoms with Crippen molar-refractivity contribution in [3.8, 4) is 5.75 Å². The highest BCUT2D eigenvalue weighted by Gasteiger charge is 2.33. The minimum Gasteiger partial charge on any atom is -0.497 e. The third-order valence-corrected chi connectivity index (χ3v) is 8.52. The second-order valence-corrected chi connectivity index (χ2v) is 11.5. The highest BCUT2D eigenvalue weighted by molar-refractivity contribution is 7.89. The summed E-state index contributed by atoms with van der Waals surface area (Å²) in [6.07, 6.45) is 4.38. The molecular weight excluding hydrogens is 502 g/mol. The van der Waals surface area contributed by atoms with Crippen molar-refractivity contribution in [2.24, 2.45) is 0 Å². The molecule has 10 heteroatoms. The first-order valence-electron chi connectivity index (χ1n) is 12.1. The molecule has 2 amide bonds. The van der Waals surface area contributed by atoms with Gasteiger partial charge < -0.3 is 15.0 Å². The molecule has 196 valence electrons. The van der Waals surface area contributed by atoms with Crippen LogP contribution in [0.1, 0.15) is 44.6 Å². The Morgan fingerprint density at radius 3 is 2.42 bits per heavy atom. The van der Waals surface area contributed by atoms with Crippen LogP contribution in [0.3, 0.4) is 0 Å². The van der Waals surface area contributed by atoms with Gasteiger partial charge in [0.1, 0.15) is 11.8 Å². The van der Waals surface area contributed by atoms with Gasteiger partial charge in [-0.15, -0.1) is 0 Å². The van der Waals surface area contributed by atoms with E-state index >= 15 is 0 Å². The molecule has 1 fully saturated rings. The van der Waals surface area contributed by atoms with Crippen LogP contribution in [0.4, 0.5) is 0 Å². The van der Waals surface area contributed by atoms with E-state index in [0.717, 1.165) is 35.6 Å². The Labute approximate surface area is 218 Å². The molecule has 3 rings (SSSR count). The van der Waals surface area contributed by atoms with Crippen LogP contribution >= 0.6 is 11.6 Å². The summed E-state index contributed by atoms with van der Waals surface area (Å²) < 4.78 is 32.4. The third kappa shape index (κ3) is 6.99. The lowest BCUT2D eigenvalue weighted by atomic mass is 10.1. The van der Waals surface area contributed by atoms with Crippen LogP contribution in [0, 0.1) is 0 Å². The van der Waals surface area contributed by atoms with Gasteiger partial charge in [-0.25, -0.2) is 8.42 Å². The quantitative estimate of drug-likeness (QED) is 0.471. The summed E-state index contributed by atoms with van der Waals surface area (Å²) in [5.74, 6) is -0.0547. The third-order valence-electron chi connectivity index (χ3n) is 6.45. The molecular formula is C26H34ClN3O5S. The number of sulfonamides is 1. The summed E-state index contributed by atoms with van der Waals surface area (Å²) >= 11 is 5.89.